The van der Waals surface area contributed by atoms with Crippen LogP contribution < -0.4 is 0 Å². The van der Waals surface area contributed by atoms with Crippen molar-refractivity contribution in [3.8, 4) is 0 Å². The minimum absolute atomic E-state index is 0.0320. The highest BCUT2D eigenvalue weighted by molar-refractivity contribution is 6.02. The Morgan fingerprint density at radius 1 is 0.700 bits per heavy atom. The zero-order valence-corrected chi connectivity index (χ0v) is 19.1. The third-order valence-electron chi connectivity index (χ3n) is 5.21. The van der Waals surface area contributed by atoms with Crippen molar-refractivity contribution in [1.29, 1.82) is 0 Å². The molecule has 0 saturated carbocycles. The van der Waals surface area contributed by atoms with Crippen LogP contribution in [0.15, 0.2) is 70.6 Å². The number of benzene rings is 2. The smallest absolute Gasteiger partial charge is 0.0849 e. The van der Waals surface area contributed by atoms with E-state index < -0.39 is 0 Å². The first-order chi connectivity index (χ1) is 14.2. The first kappa shape index (κ1) is 21.6. The minimum Gasteiger partial charge on any atom is -0.251 e. The van der Waals surface area contributed by atoms with Gasteiger partial charge in [-0.25, -0.2) is 4.98 Å². The van der Waals surface area contributed by atoms with Crippen LogP contribution in [0.2, 0.25) is 0 Å². The Hall–Kier alpha value is -3.07. The fourth-order valence-corrected chi connectivity index (χ4v) is 3.49. The number of aryl methyl sites for hydroxylation is 2. The summed E-state index contributed by atoms with van der Waals surface area (Å²) in [6.07, 6.45) is 0. The zero-order chi connectivity index (χ0) is 21.9. The lowest BCUT2D eigenvalue weighted by atomic mass is 9.86. The average Bonchev–Trinajstić information content (AvgIpc) is 2.70. The Labute approximate surface area is 180 Å². The van der Waals surface area contributed by atoms with Gasteiger partial charge in [0.2, 0.25) is 0 Å². The highest BCUT2D eigenvalue weighted by Gasteiger charge is 2.17. The molecule has 0 aliphatic heterocycles. The van der Waals surface area contributed by atoms with Crippen LogP contribution in [0.25, 0.3) is 0 Å². The second kappa shape index (κ2) is 8.74. The molecule has 0 amide bonds. The largest absolute Gasteiger partial charge is 0.251 e. The number of para-hydroxylation sites is 2. The van der Waals surface area contributed by atoms with Crippen LogP contribution in [0, 0.1) is 13.8 Å². The summed E-state index contributed by atoms with van der Waals surface area (Å²) in [6.45, 7) is 14.8. The molecule has 0 spiro atoms. The van der Waals surface area contributed by atoms with Gasteiger partial charge in [0, 0.05) is 0 Å². The monoisotopic (exact) mass is 397 g/mol. The third-order valence-corrected chi connectivity index (χ3v) is 5.21. The van der Waals surface area contributed by atoms with E-state index in [1.807, 2.05) is 38.1 Å². The first-order valence-corrected chi connectivity index (χ1v) is 10.4. The maximum atomic E-state index is 4.92. The molecule has 0 fully saturated rings. The van der Waals surface area contributed by atoms with Crippen molar-refractivity contribution in [2.45, 2.75) is 53.9 Å². The Bertz CT molecular complexity index is 1090. The zero-order valence-electron chi connectivity index (χ0n) is 19.1. The van der Waals surface area contributed by atoms with E-state index in [9.17, 15) is 0 Å². The number of rotatable bonds is 4. The topological polar surface area (TPSA) is 37.6 Å². The molecule has 0 radical (unpaired) electrons. The van der Waals surface area contributed by atoms with Gasteiger partial charge in [-0.3, -0.25) is 9.98 Å². The Morgan fingerprint density at radius 2 is 1.23 bits per heavy atom. The Balaban J connectivity index is 1.98. The van der Waals surface area contributed by atoms with Gasteiger partial charge in [-0.15, -0.1) is 0 Å². The Kier molecular flexibility index (Phi) is 6.31. The van der Waals surface area contributed by atoms with E-state index in [1.54, 1.807) is 0 Å². The van der Waals surface area contributed by atoms with E-state index >= 15 is 0 Å². The molecule has 3 rings (SSSR count). The molecule has 1 aromatic heterocycles. The van der Waals surface area contributed by atoms with E-state index in [2.05, 4.69) is 71.0 Å². The lowest BCUT2D eigenvalue weighted by Gasteiger charge is -2.21. The van der Waals surface area contributed by atoms with Gasteiger partial charge in [0.1, 0.15) is 0 Å². The number of pyridine rings is 1. The van der Waals surface area contributed by atoms with Crippen molar-refractivity contribution < 1.29 is 0 Å². The molecule has 1 heterocycles. The van der Waals surface area contributed by atoms with Crippen molar-refractivity contribution in [2.24, 2.45) is 9.98 Å². The molecule has 0 bridgehead atoms. The number of hydrogen-bond acceptors (Lipinski definition) is 3. The van der Waals surface area contributed by atoms with Gasteiger partial charge >= 0.3 is 0 Å². The maximum absolute atomic E-state index is 4.92. The summed E-state index contributed by atoms with van der Waals surface area (Å²) in [5.74, 6) is 0. The molecule has 3 nitrogen and oxygen atoms in total. The first-order valence-electron chi connectivity index (χ1n) is 10.4. The summed E-state index contributed by atoms with van der Waals surface area (Å²) >= 11 is 0. The van der Waals surface area contributed by atoms with Crippen molar-refractivity contribution in [3.63, 3.8) is 0 Å². The van der Waals surface area contributed by atoms with Crippen LogP contribution in [-0.2, 0) is 5.41 Å². The summed E-state index contributed by atoms with van der Waals surface area (Å²) < 4.78 is 0. The van der Waals surface area contributed by atoms with E-state index in [0.29, 0.717) is 0 Å². The van der Waals surface area contributed by atoms with Crippen LogP contribution in [-0.4, -0.2) is 16.4 Å². The average molecular weight is 398 g/mol. The molecule has 0 aliphatic carbocycles. The fraction of sp³-hybridized carbons (Fsp3) is 0.296. The van der Waals surface area contributed by atoms with Crippen molar-refractivity contribution in [1.82, 2.24) is 4.98 Å². The highest BCUT2D eigenvalue weighted by Crippen LogP contribution is 2.31. The van der Waals surface area contributed by atoms with Gasteiger partial charge in [-0.1, -0.05) is 63.2 Å². The fourth-order valence-electron chi connectivity index (χ4n) is 3.49. The lowest BCUT2D eigenvalue weighted by Crippen LogP contribution is -2.11. The molecule has 2 aromatic carbocycles. The molecule has 0 atom stereocenters. The molecule has 154 valence electrons. The van der Waals surface area contributed by atoms with Gasteiger partial charge in [0.05, 0.1) is 34.2 Å². The van der Waals surface area contributed by atoms with Gasteiger partial charge in [0.15, 0.2) is 0 Å². The molecule has 0 N–H and O–H groups in total. The molecular weight excluding hydrogens is 366 g/mol. The SMILES string of the molecule is CC(=Nc1ccccc1C(C)(C)C)c1cccc(C(C)=Nc2c(C)cccc2C)n1. The van der Waals surface area contributed by atoms with Gasteiger partial charge in [0.25, 0.3) is 0 Å². The highest BCUT2D eigenvalue weighted by atomic mass is 14.8. The van der Waals surface area contributed by atoms with Crippen LogP contribution in [0.5, 0.6) is 0 Å². The van der Waals surface area contributed by atoms with Crippen molar-refractivity contribution >= 4 is 22.8 Å². The summed E-state index contributed by atoms with van der Waals surface area (Å²) in [5.41, 5.74) is 9.15. The quantitative estimate of drug-likeness (QED) is 0.426. The lowest BCUT2D eigenvalue weighted by molar-refractivity contribution is 0.591. The third kappa shape index (κ3) is 4.91. The molecule has 0 saturated heterocycles. The van der Waals surface area contributed by atoms with E-state index in [1.165, 1.54) is 16.7 Å². The van der Waals surface area contributed by atoms with E-state index in [0.717, 1.165) is 34.2 Å². The number of aromatic nitrogens is 1. The van der Waals surface area contributed by atoms with Crippen LogP contribution in [0.1, 0.15) is 62.7 Å². The Morgan fingerprint density at radius 3 is 1.83 bits per heavy atom. The maximum Gasteiger partial charge on any atom is 0.0849 e. The predicted octanol–water partition coefficient (Wildman–Crippen LogP) is 7.28. The molecule has 30 heavy (non-hydrogen) atoms. The summed E-state index contributed by atoms with van der Waals surface area (Å²) in [6, 6.07) is 20.6. The summed E-state index contributed by atoms with van der Waals surface area (Å²) in [4.78, 5) is 14.7. The second-order valence-corrected chi connectivity index (χ2v) is 8.81. The summed E-state index contributed by atoms with van der Waals surface area (Å²) in [7, 11) is 0. The number of nitrogens with zero attached hydrogens (tertiary/aromatic N) is 3. The molecule has 0 aliphatic rings. The van der Waals surface area contributed by atoms with Crippen molar-refractivity contribution in [3.05, 3.63) is 88.7 Å². The molecular formula is C27H31N3. The van der Waals surface area contributed by atoms with Crippen LogP contribution in [0.3, 0.4) is 0 Å². The predicted molar refractivity (Wildman–Crippen MR) is 129 cm³/mol. The van der Waals surface area contributed by atoms with Crippen LogP contribution >= 0.6 is 0 Å². The molecule has 3 aromatic rings. The van der Waals surface area contributed by atoms with Gasteiger partial charge in [-0.05, 0) is 68.0 Å². The minimum atomic E-state index is 0.0320. The standard InChI is InChI=1S/C27H31N3/c1-18-12-10-13-19(2)26(18)29-21(4)24-17-11-16-23(30-24)20(3)28-25-15-9-8-14-22(25)27(5,6)7/h8-17H,1-7H3. The van der Waals surface area contributed by atoms with Crippen molar-refractivity contribution in [2.75, 3.05) is 0 Å². The van der Waals surface area contributed by atoms with E-state index in [-0.39, 0.29) is 5.41 Å². The van der Waals surface area contributed by atoms with E-state index in [4.69, 9.17) is 15.0 Å². The van der Waals surface area contributed by atoms with Gasteiger partial charge in [-0.2, -0.15) is 0 Å². The molecule has 3 heteroatoms. The van der Waals surface area contributed by atoms with Crippen LogP contribution in [0.4, 0.5) is 11.4 Å². The summed E-state index contributed by atoms with van der Waals surface area (Å²) in [5, 5.41) is 0. The number of aliphatic imine (C=N–C) groups is 2. The molecule has 0 unspecified atom stereocenters. The normalized spacial score (nSPS) is 12.9. The van der Waals surface area contributed by atoms with Gasteiger partial charge < -0.3 is 0 Å². The number of hydrogen-bond donors (Lipinski definition) is 0. The second-order valence-electron chi connectivity index (χ2n) is 8.81.